The average molecular weight is 297 g/mol. The first kappa shape index (κ1) is 14.1. The first-order valence-corrected chi connectivity index (χ1v) is 6.98. The number of carbonyl (C=O) groups excluding carboxylic acids is 1. The van der Waals surface area contributed by atoms with Gasteiger partial charge < -0.3 is 10.2 Å². The van der Waals surface area contributed by atoms with Gasteiger partial charge in [0.15, 0.2) is 0 Å². The van der Waals surface area contributed by atoms with Gasteiger partial charge in [-0.3, -0.25) is 14.9 Å². The van der Waals surface area contributed by atoms with Gasteiger partial charge in [0.1, 0.15) is 5.69 Å². The lowest BCUT2D eigenvalue weighted by Crippen LogP contribution is -2.28. The molecule has 0 radical (unpaired) electrons. The number of amides is 1. The van der Waals surface area contributed by atoms with Crippen LogP contribution in [0.2, 0.25) is 0 Å². The molecule has 0 saturated carbocycles. The minimum Gasteiger partial charge on any atom is -0.383 e. The van der Waals surface area contributed by atoms with Gasteiger partial charge >= 0.3 is 0 Å². The van der Waals surface area contributed by atoms with E-state index in [2.05, 4.69) is 5.32 Å². The van der Waals surface area contributed by atoms with Gasteiger partial charge in [0.2, 0.25) is 0 Å². The number of nitro groups is 1. The number of nitro benzene ring substituents is 1. The number of nitrogens with one attached hydrogen (secondary N) is 1. The summed E-state index contributed by atoms with van der Waals surface area (Å²) in [5, 5.41) is 13.9. The van der Waals surface area contributed by atoms with E-state index in [1.807, 2.05) is 24.3 Å². The maximum atomic E-state index is 12.7. The van der Waals surface area contributed by atoms with E-state index < -0.39 is 4.92 Å². The van der Waals surface area contributed by atoms with Gasteiger partial charge in [-0.2, -0.15) is 0 Å². The number of carbonyl (C=O) groups is 1. The number of benzene rings is 2. The molecule has 2 aromatic carbocycles. The maximum Gasteiger partial charge on any atom is 0.293 e. The highest BCUT2D eigenvalue weighted by molar-refractivity contribution is 6.08. The summed E-state index contributed by atoms with van der Waals surface area (Å²) in [4.78, 5) is 25.0. The van der Waals surface area contributed by atoms with Crippen molar-refractivity contribution in [3.63, 3.8) is 0 Å². The molecular weight excluding hydrogens is 282 g/mol. The van der Waals surface area contributed by atoms with Crippen molar-refractivity contribution in [1.82, 2.24) is 0 Å². The summed E-state index contributed by atoms with van der Waals surface area (Å²) < 4.78 is 0. The highest BCUT2D eigenvalue weighted by Crippen LogP contribution is 2.31. The Morgan fingerprint density at radius 1 is 1.27 bits per heavy atom. The molecule has 1 amide bonds. The van der Waals surface area contributed by atoms with Crippen molar-refractivity contribution in [2.75, 3.05) is 23.8 Å². The fourth-order valence-electron chi connectivity index (χ4n) is 2.73. The Morgan fingerprint density at radius 2 is 2.05 bits per heavy atom. The second-order valence-electron chi connectivity index (χ2n) is 5.07. The topological polar surface area (TPSA) is 75.5 Å². The SMILES string of the molecule is CNc1ccc(C(=O)N2CCc3ccccc32)cc1[N+](=O)[O-]. The van der Waals surface area contributed by atoms with Crippen LogP contribution in [0.25, 0.3) is 0 Å². The minimum absolute atomic E-state index is 0.0965. The summed E-state index contributed by atoms with van der Waals surface area (Å²) in [6.07, 6.45) is 0.804. The zero-order valence-electron chi connectivity index (χ0n) is 12.1. The van der Waals surface area contributed by atoms with Gasteiger partial charge in [0.05, 0.1) is 4.92 Å². The molecule has 112 valence electrons. The van der Waals surface area contributed by atoms with E-state index in [9.17, 15) is 14.9 Å². The van der Waals surface area contributed by atoms with E-state index in [1.165, 1.54) is 6.07 Å². The van der Waals surface area contributed by atoms with Gasteiger partial charge in [-0.05, 0) is 30.2 Å². The molecule has 6 nitrogen and oxygen atoms in total. The molecule has 0 unspecified atom stereocenters. The molecule has 1 heterocycles. The Morgan fingerprint density at radius 3 is 2.77 bits per heavy atom. The third-order valence-corrected chi connectivity index (χ3v) is 3.84. The lowest BCUT2D eigenvalue weighted by molar-refractivity contribution is -0.384. The molecule has 6 heteroatoms. The Kier molecular flexibility index (Phi) is 3.50. The lowest BCUT2D eigenvalue weighted by atomic mass is 10.1. The summed E-state index contributed by atoms with van der Waals surface area (Å²) >= 11 is 0. The molecule has 0 saturated heterocycles. The van der Waals surface area contributed by atoms with E-state index in [-0.39, 0.29) is 11.6 Å². The van der Waals surface area contributed by atoms with Crippen LogP contribution >= 0.6 is 0 Å². The molecular formula is C16H15N3O3. The second-order valence-corrected chi connectivity index (χ2v) is 5.07. The van der Waals surface area contributed by atoms with Gasteiger partial charge in [-0.25, -0.2) is 0 Å². The van der Waals surface area contributed by atoms with Crippen LogP contribution in [0, 0.1) is 10.1 Å². The zero-order valence-corrected chi connectivity index (χ0v) is 12.1. The van der Waals surface area contributed by atoms with Crippen LogP contribution in [0.15, 0.2) is 42.5 Å². The average Bonchev–Trinajstić information content (AvgIpc) is 2.97. The smallest absolute Gasteiger partial charge is 0.293 e. The van der Waals surface area contributed by atoms with E-state index in [1.54, 1.807) is 24.1 Å². The number of hydrogen-bond donors (Lipinski definition) is 1. The van der Waals surface area contributed by atoms with Crippen molar-refractivity contribution in [1.29, 1.82) is 0 Å². The number of rotatable bonds is 3. The summed E-state index contributed by atoms with van der Waals surface area (Å²) in [6.45, 7) is 0.597. The van der Waals surface area contributed by atoms with Crippen LogP contribution in [0.3, 0.4) is 0 Å². The maximum absolute atomic E-state index is 12.7. The van der Waals surface area contributed by atoms with E-state index >= 15 is 0 Å². The van der Waals surface area contributed by atoms with Crippen molar-refractivity contribution in [2.24, 2.45) is 0 Å². The van der Waals surface area contributed by atoms with Crippen LogP contribution < -0.4 is 10.2 Å². The highest BCUT2D eigenvalue weighted by Gasteiger charge is 2.26. The van der Waals surface area contributed by atoms with Crippen molar-refractivity contribution in [2.45, 2.75) is 6.42 Å². The Hall–Kier alpha value is -2.89. The fraction of sp³-hybridized carbons (Fsp3) is 0.188. The molecule has 0 bridgehead atoms. The van der Waals surface area contributed by atoms with Gasteiger partial charge in [0.25, 0.3) is 11.6 Å². The first-order valence-electron chi connectivity index (χ1n) is 6.98. The zero-order chi connectivity index (χ0) is 15.7. The summed E-state index contributed by atoms with van der Waals surface area (Å²) in [7, 11) is 1.61. The number of hydrogen-bond acceptors (Lipinski definition) is 4. The molecule has 1 aliphatic rings. The van der Waals surface area contributed by atoms with Gasteiger partial charge in [0, 0.05) is 30.9 Å². The fourth-order valence-corrected chi connectivity index (χ4v) is 2.73. The number of nitrogens with zero attached hydrogens (tertiary/aromatic N) is 2. The molecule has 22 heavy (non-hydrogen) atoms. The van der Waals surface area contributed by atoms with Crippen molar-refractivity contribution < 1.29 is 9.72 Å². The van der Waals surface area contributed by atoms with Gasteiger partial charge in [-0.15, -0.1) is 0 Å². The second kappa shape index (κ2) is 5.48. The molecule has 1 N–H and O–H groups in total. The third-order valence-electron chi connectivity index (χ3n) is 3.84. The quantitative estimate of drug-likeness (QED) is 0.698. The largest absolute Gasteiger partial charge is 0.383 e. The van der Waals surface area contributed by atoms with E-state index in [0.717, 1.165) is 17.7 Å². The molecule has 0 aromatic heterocycles. The molecule has 0 fully saturated rings. The van der Waals surface area contributed by atoms with Crippen LogP contribution in [0.1, 0.15) is 15.9 Å². The van der Waals surface area contributed by atoms with Crippen LogP contribution in [-0.4, -0.2) is 24.4 Å². The Balaban J connectivity index is 1.97. The third kappa shape index (κ3) is 2.28. The molecule has 3 rings (SSSR count). The van der Waals surface area contributed by atoms with Crippen molar-refractivity contribution in [3.05, 3.63) is 63.7 Å². The molecule has 1 aliphatic heterocycles. The van der Waals surface area contributed by atoms with Crippen LogP contribution in [0.5, 0.6) is 0 Å². The van der Waals surface area contributed by atoms with Crippen LogP contribution in [-0.2, 0) is 6.42 Å². The first-order chi connectivity index (χ1) is 10.6. The summed E-state index contributed by atoms with van der Waals surface area (Å²) in [5.74, 6) is -0.212. The number of anilines is 2. The molecule has 2 aromatic rings. The molecule has 0 aliphatic carbocycles. The predicted molar refractivity (Wildman–Crippen MR) is 84.5 cm³/mol. The molecule has 0 spiro atoms. The monoisotopic (exact) mass is 297 g/mol. The Bertz CT molecular complexity index is 758. The van der Waals surface area contributed by atoms with E-state index in [4.69, 9.17) is 0 Å². The number of fused-ring (bicyclic) bond motifs is 1. The van der Waals surface area contributed by atoms with E-state index in [0.29, 0.717) is 17.8 Å². The van der Waals surface area contributed by atoms with Gasteiger partial charge in [-0.1, -0.05) is 18.2 Å². The minimum atomic E-state index is -0.486. The number of para-hydroxylation sites is 1. The predicted octanol–water partition coefficient (Wildman–Crippen LogP) is 2.84. The van der Waals surface area contributed by atoms with Crippen molar-refractivity contribution in [3.8, 4) is 0 Å². The Labute approximate surface area is 127 Å². The molecule has 0 atom stereocenters. The summed E-state index contributed by atoms with van der Waals surface area (Å²) in [5.41, 5.74) is 2.62. The normalized spacial score (nSPS) is 12.9. The lowest BCUT2D eigenvalue weighted by Gasteiger charge is -2.17. The standard InChI is InChI=1S/C16H15N3O3/c1-17-13-7-6-12(10-15(13)19(21)22)16(20)18-9-8-11-4-2-3-5-14(11)18/h2-7,10,17H,8-9H2,1H3. The summed E-state index contributed by atoms with van der Waals surface area (Å²) in [6, 6.07) is 12.2. The van der Waals surface area contributed by atoms with Crippen LogP contribution in [0.4, 0.5) is 17.1 Å². The van der Waals surface area contributed by atoms with Crippen molar-refractivity contribution >= 4 is 23.0 Å². The highest BCUT2D eigenvalue weighted by atomic mass is 16.6.